The molecular weight excluding hydrogens is 1550 g/mol. The van der Waals surface area contributed by atoms with Gasteiger partial charge in [0, 0.05) is 127 Å². The van der Waals surface area contributed by atoms with Crippen LogP contribution in [0.1, 0.15) is 41.5 Å². The third-order valence-corrected chi connectivity index (χ3v) is 8.77. The van der Waals surface area contributed by atoms with Crippen LogP contribution < -0.4 is 0 Å². The zero-order valence-corrected chi connectivity index (χ0v) is 56.9. The van der Waals surface area contributed by atoms with Gasteiger partial charge in [-0.05, 0) is 0 Å². The Hall–Kier alpha value is -1.07. The van der Waals surface area contributed by atoms with Gasteiger partial charge >= 0.3 is 95.4 Å². The van der Waals surface area contributed by atoms with Gasteiger partial charge in [-0.15, -0.1) is 0 Å². The molecule has 0 aromatic carbocycles. The van der Waals surface area contributed by atoms with Crippen LogP contribution in [0.25, 0.3) is 0 Å². The average molecular weight is 1610 g/mol. The van der Waals surface area contributed by atoms with E-state index in [1.165, 1.54) is 41.5 Å². The predicted octanol–water partition coefficient (Wildman–Crippen LogP) is 7.99. The third kappa shape index (κ3) is 138. The molecule has 0 bridgehead atoms. The molecule has 0 aromatic heterocycles. The van der Waals surface area contributed by atoms with Crippen molar-refractivity contribution in [2.45, 2.75) is 63.6 Å². The minimum absolute atomic E-state index is 0. The van der Waals surface area contributed by atoms with Gasteiger partial charge in [-0.3, -0.25) is 0 Å². The molecule has 30 nitrogen and oxygen atoms in total. The van der Waals surface area contributed by atoms with Crippen LogP contribution in [0.2, 0.25) is 0 Å². The van der Waals surface area contributed by atoms with Gasteiger partial charge in [0.2, 0.25) is 0 Å². The van der Waals surface area contributed by atoms with Crippen LogP contribution in [-0.2, 0) is 157 Å². The fourth-order valence-corrected chi connectivity index (χ4v) is 2.68. The first-order valence-electron chi connectivity index (χ1n) is 16.7. The Kier molecular flexibility index (Phi) is 130. The minimum atomic E-state index is -6.09. The van der Waals surface area contributed by atoms with Crippen molar-refractivity contribution in [3.05, 3.63) is 0 Å². The molecular formula is C28H54F12N6O24P4Ru2S6. The number of rotatable bonds is 12. The standard InChI is InChI=1S/4C3H9O3P.6C2H3N.4CHF3O3S.2Ru.S2/c4*1-4-7(5-2)6-3;6*1-2-3;4*2-1(3,4)8(5,6)7;;;1-2/h4*1-3H3;6*1H3;4*(H,5,6,7);;;/q;;;;;;;;;;;;;;2*+3;-2/p-4. The number of alkyl halides is 12. The molecule has 0 unspecified atom stereocenters. The molecule has 0 aliphatic heterocycles. The van der Waals surface area contributed by atoms with E-state index in [1.54, 1.807) is 122 Å². The van der Waals surface area contributed by atoms with Gasteiger partial charge in [0.15, 0.2) is 40.5 Å². The molecule has 82 heavy (non-hydrogen) atoms. The van der Waals surface area contributed by atoms with Gasteiger partial charge in [-0.2, -0.15) is 84.3 Å². The second-order valence-corrected chi connectivity index (χ2v) is 19.7. The number of hydrogen-bond acceptors (Lipinski definition) is 32. The fraction of sp³-hybridized carbons (Fsp3) is 0.786. The molecule has 0 aromatic rings. The van der Waals surface area contributed by atoms with E-state index in [1.807, 2.05) is 0 Å². The Bertz CT molecular complexity index is 1710. The van der Waals surface area contributed by atoms with Gasteiger partial charge in [-0.1, -0.05) is 0 Å². The molecule has 0 saturated heterocycles. The number of halogens is 12. The summed E-state index contributed by atoms with van der Waals surface area (Å²) in [5.74, 6) is 0. The fourth-order valence-electron chi connectivity index (χ4n) is 0.894. The van der Waals surface area contributed by atoms with Gasteiger partial charge in [0.25, 0.3) is 0 Å². The maximum Gasteiger partial charge on any atom is 3.00 e. The molecule has 0 aliphatic carbocycles. The third-order valence-electron chi connectivity index (χ3n) is 2.92. The predicted molar refractivity (Wildman–Crippen MR) is 257 cm³/mol. The van der Waals surface area contributed by atoms with Crippen molar-refractivity contribution >= 4 is 98.2 Å². The maximum atomic E-state index is 10.7. The smallest absolute Gasteiger partial charge is 1.00 e. The van der Waals surface area contributed by atoms with Crippen molar-refractivity contribution in [3.63, 3.8) is 0 Å². The number of hydrogen-bond donors (Lipinski definition) is 0. The van der Waals surface area contributed by atoms with Crippen molar-refractivity contribution in [1.29, 1.82) is 31.6 Å². The first-order valence-corrected chi connectivity index (χ1v) is 28.0. The second kappa shape index (κ2) is 84.1. The number of nitriles is 6. The largest absolute Gasteiger partial charge is 3.00 e. The first kappa shape index (κ1) is 127. The molecule has 496 valence electrons. The molecule has 0 N–H and O–H groups in total. The summed E-state index contributed by atoms with van der Waals surface area (Å²) >= 11 is 7.33. The van der Waals surface area contributed by atoms with E-state index >= 15 is 0 Å². The van der Waals surface area contributed by atoms with Gasteiger partial charge in [0.05, 0.1) is 36.4 Å². The normalized spacial score (nSPS) is 9.63. The summed E-state index contributed by atoms with van der Waals surface area (Å²) in [5, 5.41) is 43.9. The Morgan fingerprint density at radius 1 is 0.293 bits per heavy atom. The van der Waals surface area contributed by atoms with Crippen LogP contribution >= 0.6 is 34.4 Å². The van der Waals surface area contributed by atoms with E-state index in [-0.39, 0.29) is 39.0 Å². The molecule has 0 fully saturated rings. The van der Waals surface area contributed by atoms with Crippen LogP contribution in [0.3, 0.4) is 0 Å². The Morgan fingerprint density at radius 3 is 0.329 bits per heavy atom. The Labute approximate surface area is 509 Å². The zero-order valence-electron chi connectivity index (χ0n) is 45.0. The van der Waals surface area contributed by atoms with E-state index in [4.69, 9.17) is 83.5 Å². The van der Waals surface area contributed by atoms with Crippen molar-refractivity contribution in [2.24, 2.45) is 0 Å². The molecule has 0 amide bonds. The SMILES string of the molecule is CC#N.CC#N.CC#N.CC#N.CC#N.CC#N.COP(OC)OC.COP(OC)OC.COP(OC)OC.COP(OC)OC.O=S(=O)([O-])C(F)(F)F.O=S(=O)([O-])C(F)(F)F.O=S(=O)([O-])C(F)(F)F.O=S(=O)([O-])C(F)(F)F.[Ru+3].[Ru+3].[S-][S-]. The molecule has 0 saturated carbocycles. The van der Waals surface area contributed by atoms with Gasteiger partial charge < -0.3 is 95.8 Å². The van der Waals surface area contributed by atoms with Crippen molar-refractivity contribution in [3.8, 4) is 36.4 Å². The van der Waals surface area contributed by atoms with Crippen LogP contribution in [-0.4, -0.2) is 159 Å². The summed E-state index contributed by atoms with van der Waals surface area (Å²) in [6.45, 7) is 8.58. The van der Waals surface area contributed by atoms with Crippen LogP contribution in [0.4, 0.5) is 52.7 Å². The van der Waals surface area contributed by atoms with Gasteiger partial charge in [0.1, 0.15) is 0 Å². The van der Waals surface area contributed by atoms with Crippen molar-refractivity contribution in [2.75, 3.05) is 85.3 Å². The Balaban J connectivity index is -0.0000000374. The monoisotopic (exact) mass is 1610 g/mol. The minimum Gasteiger partial charge on any atom is -1.00 e. The average Bonchev–Trinajstić information content (AvgIpc) is 3.30. The summed E-state index contributed by atoms with van der Waals surface area (Å²) in [7, 11) is -10.1. The summed E-state index contributed by atoms with van der Waals surface area (Å²) in [6, 6.07) is 10.5. The zero-order chi connectivity index (χ0) is 69.0. The molecule has 0 spiro atoms. The van der Waals surface area contributed by atoms with Gasteiger partial charge in [-0.25, -0.2) is 33.7 Å². The van der Waals surface area contributed by atoms with E-state index in [9.17, 15) is 52.7 Å². The Morgan fingerprint density at radius 2 is 0.329 bits per heavy atom. The molecule has 0 aliphatic rings. The quantitative estimate of drug-likeness (QED) is 0.0339. The van der Waals surface area contributed by atoms with E-state index < -0.39 is 96.9 Å². The molecule has 54 heteroatoms. The van der Waals surface area contributed by atoms with Crippen molar-refractivity contribution < 1.29 is 198 Å². The molecule has 2 radical (unpaired) electrons. The summed E-state index contributed by atoms with van der Waals surface area (Å²) < 4.78 is 292. The first-order chi connectivity index (χ1) is 35.9. The van der Waals surface area contributed by atoms with Crippen LogP contribution in [0.15, 0.2) is 0 Å². The number of nitrogens with zero attached hydrogens (tertiary/aromatic N) is 6. The topological polar surface area (TPSA) is 482 Å². The van der Waals surface area contributed by atoms with E-state index in [0.717, 1.165) is 0 Å². The molecule has 0 heterocycles. The molecule has 0 atom stereocenters. The van der Waals surface area contributed by atoms with E-state index in [2.05, 4.69) is 77.6 Å². The molecule has 0 rings (SSSR count). The van der Waals surface area contributed by atoms with Crippen molar-refractivity contribution in [1.82, 2.24) is 0 Å². The summed E-state index contributed by atoms with van der Waals surface area (Å²) in [4.78, 5) is 0. The summed E-state index contributed by atoms with van der Waals surface area (Å²) in [5.41, 5.74) is -22.6. The van der Waals surface area contributed by atoms with E-state index in [0.29, 0.717) is 0 Å². The summed E-state index contributed by atoms with van der Waals surface area (Å²) in [6.07, 6.45) is 0. The maximum absolute atomic E-state index is 10.7. The van der Waals surface area contributed by atoms with Crippen LogP contribution in [0, 0.1) is 68.0 Å². The second-order valence-electron chi connectivity index (χ2n) is 8.03. The van der Waals surface area contributed by atoms with Crippen LogP contribution in [0.5, 0.6) is 0 Å².